The SMILES string of the molecule is C[C@H](CCc1ccccc1)NC(=O)N[C@H]1CC(=O)N(c2ccc(Cl)cc2)C1. The first kappa shape index (κ1) is 19.2. The van der Waals surface area contributed by atoms with Crippen molar-refractivity contribution in [3.8, 4) is 0 Å². The van der Waals surface area contributed by atoms with Crippen LogP contribution in [-0.2, 0) is 11.2 Å². The van der Waals surface area contributed by atoms with Gasteiger partial charge in [-0.05, 0) is 49.6 Å². The third kappa shape index (κ3) is 5.47. The van der Waals surface area contributed by atoms with Crippen LogP contribution < -0.4 is 15.5 Å². The minimum absolute atomic E-state index is 0.000233. The van der Waals surface area contributed by atoms with E-state index in [2.05, 4.69) is 22.8 Å². The van der Waals surface area contributed by atoms with Crippen LogP contribution in [0.15, 0.2) is 54.6 Å². The van der Waals surface area contributed by atoms with Crippen LogP contribution in [0, 0.1) is 0 Å². The molecule has 0 bridgehead atoms. The fourth-order valence-electron chi connectivity index (χ4n) is 3.23. The maximum Gasteiger partial charge on any atom is 0.315 e. The second-order valence-electron chi connectivity index (χ2n) is 6.92. The Bertz CT molecular complexity index is 780. The Hall–Kier alpha value is -2.53. The zero-order chi connectivity index (χ0) is 19.2. The van der Waals surface area contributed by atoms with Crippen molar-refractivity contribution in [2.24, 2.45) is 0 Å². The van der Waals surface area contributed by atoms with Gasteiger partial charge in [-0.1, -0.05) is 41.9 Å². The van der Waals surface area contributed by atoms with Crippen molar-refractivity contribution in [3.05, 3.63) is 65.2 Å². The first-order chi connectivity index (χ1) is 13.0. The normalized spacial score (nSPS) is 17.6. The molecule has 2 N–H and O–H groups in total. The summed E-state index contributed by atoms with van der Waals surface area (Å²) < 4.78 is 0. The minimum atomic E-state index is -0.230. The number of hydrogen-bond donors (Lipinski definition) is 2. The third-order valence-electron chi connectivity index (χ3n) is 4.68. The molecule has 0 saturated carbocycles. The number of anilines is 1. The number of nitrogens with zero attached hydrogens (tertiary/aromatic N) is 1. The van der Waals surface area contributed by atoms with E-state index in [1.807, 2.05) is 37.3 Å². The third-order valence-corrected chi connectivity index (χ3v) is 4.94. The van der Waals surface area contributed by atoms with Crippen LogP contribution in [0.3, 0.4) is 0 Å². The summed E-state index contributed by atoms with van der Waals surface area (Å²) in [6.45, 7) is 2.45. The van der Waals surface area contributed by atoms with Gasteiger partial charge in [-0.2, -0.15) is 0 Å². The Labute approximate surface area is 164 Å². The largest absolute Gasteiger partial charge is 0.336 e. The van der Waals surface area contributed by atoms with Crippen molar-refractivity contribution < 1.29 is 9.59 Å². The van der Waals surface area contributed by atoms with Crippen LogP contribution in [0.2, 0.25) is 5.02 Å². The number of halogens is 1. The molecule has 0 aromatic heterocycles. The number of hydrogen-bond acceptors (Lipinski definition) is 2. The molecule has 2 aromatic carbocycles. The number of urea groups is 1. The summed E-state index contributed by atoms with van der Waals surface area (Å²) >= 11 is 5.90. The number of benzene rings is 2. The van der Waals surface area contributed by atoms with Crippen LogP contribution in [0.4, 0.5) is 10.5 Å². The van der Waals surface area contributed by atoms with Gasteiger partial charge in [-0.3, -0.25) is 4.79 Å². The van der Waals surface area contributed by atoms with Gasteiger partial charge in [0, 0.05) is 29.7 Å². The number of carbonyl (C=O) groups is 2. The van der Waals surface area contributed by atoms with E-state index in [0.29, 0.717) is 18.0 Å². The van der Waals surface area contributed by atoms with Gasteiger partial charge in [-0.25, -0.2) is 4.79 Å². The van der Waals surface area contributed by atoms with E-state index in [1.54, 1.807) is 17.0 Å². The number of rotatable bonds is 6. The van der Waals surface area contributed by atoms with Gasteiger partial charge in [0.2, 0.25) is 5.91 Å². The summed E-state index contributed by atoms with van der Waals surface area (Å²) in [6.07, 6.45) is 2.07. The molecular formula is C21H24ClN3O2. The Morgan fingerprint density at radius 2 is 1.89 bits per heavy atom. The van der Waals surface area contributed by atoms with E-state index < -0.39 is 0 Å². The average molecular weight is 386 g/mol. The van der Waals surface area contributed by atoms with Crippen molar-refractivity contribution in [1.29, 1.82) is 0 Å². The topological polar surface area (TPSA) is 61.4 Å². The maximum atomic E-state index is 12.3. The van der Waals surface area contributed by atoms with Crippen LogP contribution in [0.25, 0.3) is 0 Å². The van der Waals surface area contributed by atoms with Crippen molar-refractivity contribution in [1.82, 2.24) is 10.6 Å². The second-order valence-corrected chi connectivity index (χ2v) is 7.36. The van der Waals surface area contributed by atoms with Crippen LogP contribution in [-0.4, -0.2) is 30.6 Å². The molecule has 142 valence electrons. The van der Waals surface area contributed by atoms with Crippen LogP contribution >= 0.6 is 11.6 Å². The zero-order valence-corrected chi connectivity index (χ0v) is 16.1. The van der Waals surface area contributed by atoms with Gasteiger partial charge in [0.15, 0.2) is 0 Å². The van der Waals surface area contributed by atoms with E-state index >= 15 is 0 Å². The molecule has 0 spiro atoms. The molecule has 0 aliphatic carbocycles. The molecule has 1 aliphatic heterocycles. The Morgan fingerprint density at radius 3 is 2.59 bits per heavy atom. The fourth-order valence-corrected chi connectivity index (χ4v) is 3.35. The van der Waals surface area contributed by atoms with Crippen molar-refractivity contribution in [2.45, 2.75) is 38.3 Å². The summed E-state index contributed by atoms with van der Waals surface area (Å²) in [5.41, 5.74) is 2.05. The molecule has 27 heavy (non-hydrogen) atoms. The van der Waals surface area contributed by atoms with E-state index in [9.17, 15) is 9.59 Å². The smallest absolute Gasteiger partial charge is 0.315 e. The first-order valence-electron chi connectivity index (χ1n) is 9.18. The predicted molar refractivity (Wildman–Crippen MR) is 108 cm³/mol. The van der Waals surface area contributed by atoms with Crippen molar-refractivity contribution >= 4 is 29.2 Å². The van der Waals surface area contributed by atoms with E-state index in [-0.39, 0.29) is 24.0 Å². The molecule has 0 unspecified atom stereocenters. The summed E-state index contributed by atoms with van der Waals surface area (Å²) in [7, 11) is 0. The highest BCUT2D eigenvalue weighted by Crippen LogP contribution is 2.23. The molecule has 2 aromatic rings. The Morgan fingerprint density at radius 1 is 1.19 bits per heavy atom. The van der Waals surface area contributed by atoms with E-state index in [1.165, 1.54) is 5.56 Å². The number of aryl methyl sites for hydroxylation is 1. The summed E-state index contributed by atoms with van der Waals surface area (Å²) in [5.74, 6) is -0.000233. The molecule has 3 amide bonds. The molecule has 2 atom stereocenters. The van der Waals surface area contributed by atoms with Crippen molar-refractivity contribution in [2.75, 3.05) is 11.4 Å². The second kappa shape index (κ2) is 8.91. The highest BCUT2D eigenvalue weighted by atomic mass is 35.5. The number of carbonyl (C=O) groups excluding carboxylic acids is 2. The van der Waals surface area contributed by atoms with Gasteiger partial charge in [0.1, 0.15) is 0 Å². The minimum Gasteiger partial charge on any atom is -0.336 e. The molecule has 1 saturated heterocycles. The summed E-state index contributed by atoms with van der Waals surface area (Å²) in [6, 6.07) is 17.0. The highest BCUT2D eigenvalue weighted by Gasteiger charge is 2.31. The quantitative estimate of drug-likeness (QED) is 0.795. The molecule has 1 fully saturated rings. The maximum absolute atomic E-state index is 12.3. The number of amides is 3. The first-order valence-corrected chi connectivity index (χ1v) is 9.56. The lowest BCUT2D eigenvalue weighted by Crippen LogP contribution is -2.46. The highest BCUT2D eigenvalue weighted by molar-refractivity contribution is 6.30. The lowest BCUT2D eigenvalue weighted by molar-refractivity contribution is -0.117. The Kier molecular flexibility index (Phi) is 6.35. The molecule has 5 nitrogen and oxygen atoms in total. The lowest BCUT2D eigenvalue weighted by Gasteiger charge is -2.19. The molecule has 0 radical (unpaired) electrons. The molecule has 1 aliphatic rings. The lowest BCUT2D eigenvalue weighted by atomic mass is 10.1. The summed E-state index contributed by atoms with van der Waals surface area (Å²) in [4.78, 5) is 26.2. The average Bonchev–Trinajstić information content (AvgIpc) is 3.01. The van der Waals surface area contributed by atoms with Crippen molar-refractivity contribution in [3.63, 3.8) is 0 Å². The molecule has 6 heteroatoms. The standard InChI is InChI=1S/C21H24ClN3O2/c1-15(7-8-16-5-3-2-4-6-16)23-21(27)24-18-13-20(26)25(14-18)19-11-9-17(22)10-12-19/h2-6,9-12,15,18H,7-8,13-14H2,1H3,(H2,23,24,27)/t15-,18+/m1/s1. The van der Waals surface area contributed by atoms with Gasteiger partial charge in [0.25, 0.3) is 0 Å². The van der Waals surface area contributed by atoms with E-state index in [0.717, 1.165) is 18.5 Å². The molecule has 3 rings (SSSR count). The zero-order valence-electron chi connectivity index (χ0n) is 15.3. The van der Waals surface area contributed by atoms with Gasteiger partial charge in [0.05, 0.1) is 6.04 Å². The van der Waals surface area contributed by atoms with Gasteiger partial charge < -0.3 is 15.5 Å². The Balaban J connectivity index is 1.45. The number of nitrogens with one attached hydrogen (secondary N) is 2. The predicted octanol–water partition coefficient (Wildman–Crippen LogP) is 3.77. The summed E-state index contributed by atoms with van der Waals surface area (Å²) in [5, 5.41) is 6.50. The van der Waals surface area contributed by atoms with Gasteiger partial charge in [-0.15, -0.1) is 0 Å². The molecular weight excluding hydrogens is 362 g/mol. The van der Waals surface area contributed by atoms with Crippen LogP contribution in [0.5, 0.6) is 0 Å². The fraction of sp³-hybridized carbons (Fsp3) is 0.333. The monoisotopic (exact) mass is 385 g/mol. The van der Waals surface area contributed by atoms with E-state index in [4.69, 9.17) is 11.6 Å². The molecule has 1 heterocycles. The van der Waals surface area contributed by atoms with Crippen LogP contribution in [0.1, 0.15) is 25.3 Å². The van der Waals surface area contributed by atoms with Gasteiger partial charge >= 0.3 is 6.03 Å².